The van der Waals surface area contributed by atoms with Crippen LogP contribution >= 0.6 is 0 Å². The van der Waals surface area contributed by atoms with Gasteiger partial charge in [0.25, 0.3) is 0 Å². The second kappa shape index (κ2) is 8.58. The van der Waals surface area contributed by atoms with Crippen molar-refractivity contribution < 1.29 is 0 Å². The lowest BCUT2D eigenvalue weighted by Gasteiger charge is -2.04. The maximum absolute atomic E-state index is 3.73. The molecule has 0 unspecified atom stereocenters. The van der Waals surface area contributed by atoms with Crippen molar-refractivity contribution in [3.05, 3.63) is 24.3 Å². The van der Waals surface area contributed by atoms with E-state index < -0.39 is 0 Å². The fraction of sp³-hybridized carbons (Fsp3) is 0.667. The van der Waals surface area contributed by atoms with Crippen molar-refractivity contribution in [3.63, 3.8) is 0 Å². The number of rotatable bonds is 7. The Labute approximate surface area is 77.4 Å². The van der Waals surface area contributed by atoms with Crippen LogP contribution in [0.15, 0.2) is 24.3 Å². The summed E-state index contributed by atoms with van der Waals surface area (Å²) in [6, 6.07) is 0. The highest BCUT2D eigenvalue weighted by atomic mass is 14.0. The molecular formula is C12H22. The fourth-order valence-corrected chi connectivity index (χ4v) is 1.41. The maximum Gasteiger partial charge on any atom is -0.0317 e. The van der Waals surface area contributed by atoms with Crippen molar-refractivity contribution in [2.75, 3.05) is 0 Å². The molecule has 0 atom stereocenters. The molecule has 0 aliphatic heterocycles. The molecule has 0 amide bonds. The van der Waals surface area contributed by atoms with E-state index in [1.807, 2.05) is 6.08 Å². The summed E-state index contributed by atoms with van der Waals surface area (Å²) in [6.07, 6.45) is 11.8. The van der Waals surface area contributed by atoms with E-state index in [4.69, 9.17) is 0 Å². The third kappa shape index (κ3) is 6.21. The van der Waals surface area contributed by atoms with Crippen LogP contribution in [0.4, 0.5) is 0 Å². The summed E-state index contributed by atoms with van der Waals surface area (Å²) in [4.78, 5) is 0. The molecule has 0 aromatic heterocycles. The van der Waals surface area contributed by atoms with Gasteiger partial charge in [-0.05, 0) is 32.1 Å². The average Bonchev–Trinajstić information content (AvgIpc) is 2.06. The van der Waals surface area contributed by atoms with Gasteiger partial charge in [-0.25, -0.2) is 0 Å². The molecule has 0 rings (SSSR count). The summed E-state index contributed by atoms with van der Waals surface area (Å²) in [5, 5.41) is 0. The Morgan fingerprint density at radius 1 is 1.25 bits per heavy atom. The van der Waals surface area contributed by atoms with E-state index in [-0.39, 0.29) is 0 Å². The SMILES string of the molecule is C=CCCCC(=CCC)CCC. The normalized spacial score (nSPS) is 11.7. The minimum Gasteiger partial charge on any atom is -0.103 e. The van der Waals surface area contributed by atoms with E-state index >= 15 is 0 Å². The number of unbranched alkanes of at least 4 members (excludes halogenated alkanes) is 1. The van der Waals surface area contributed by atoms with Crippen LogP contribution in [0.1, 0.15) is 52.4 Å². The molecule has 0 heterocycles. The number of hydrogen-bond donors (Lipinski definition) is 0. The smallest absolute Gasteiger partial charge is 0.0317 e. The van der Waals surface area contributed by atoms with E-state index in [1.165, 1.54) is 32.1 Å². The van der Waals surface area contributed by atoms with Crippen LogP contribution in [0.25, 0.3) is 0 Å². The molecule has 0 aromatic rings. The van der Waals surface area contributed by atoms with Crippen molar-refractivity contribution >= 4 is 0 Å². The van der Waals surface area contributed by atoms with Crippen LogP contribution < -0.4 is 0 Å². The molecule has 0 spiro atoms. The van der Waals surface area contributed by atoms with Gasteiger partial charge in [0.15, 0.2) is 0 Å². The quantitative estimate of drug-likeness (QED) is 0.386. The Morgan fingerprint density at radius 3 is 2.50 bits per heavy atom. The standard InChI is InChI=1S/C12H22/c1-4-7-8-11-12(9-5-2)10-6-3/h4,9H,1,5-8,10-11H2,2-3H3. The van der Waals surface area contributed by atoms with Gasteiger partial charge in [-0.15, -0.1) is 6.58 Å². The van der Waals surface area contributed by atoms with E-state index in [1.54, 1.807) is 5.57 Å². The number of hydrogen-bond acceptors (Lipinski definition) is 0. The Bertz CT molecular complexity index is 131. The summed E-state index contributed by atoms with van der Waals surface area (Å²) in [5.74, 6) is 0. The first-order chi connectivity index (χ1) is 5.85. The average molecular weight is 166 g/mol. The molecule has 0 aromatic carbocycles. The van der Waals surface area contributed by atoms with Gasteiger partial charge >= 0.3 is 0 Å². The summed E-state index contributed by atoms with van der Waals surface area (Å²) in [6.45, 7) is 8.19. The molecule has 0 N–H and O–H groups in total. The Morgan fingerprint density at radius 2 is 2.00 bits per heavy atom. The van der Waals surface area contributed by atoms with Crippen LogP contribution in [-0.2, 0) is 0 Å². The van der Waals surface area contributed by atoms with E-state index in [0.29, 0.717) is 0 Å². The first-order valence-electron chi connectivity index (χ1n) is 5.13. The van der Waals surface area contributed by atoms with Gasteiger partial charge in [-0.2, -0.15) is 0 Å². The van der Waals surface area contributed by atoms with Crippen LogP contribution in [0.2, 0.25) is 0 Å². The first kappa shape index (κ1) is 11.5. The lowest BCUT2D eigenvalue weighted by Crippen LogP contribution is -1.83. The molecule has 12 heavy (non-hydrogen) atoms. The van der Waals surface area contributed by atoms with E-state index in [9.17, 15) is 0 Å². The second-order valence-corrected chi connectivity index (χ2v) is 3.20. The summed E-state index contributed by atoms with van der Waals surface area (Å²) >= 11 is 0. The van der Waals surface area contributed by atoms with Crippen LogP contribution in [-0.4, -0.2) is 0 Å². The van der Waals surface area contributed by atoms with Crippen molar-refractivity contribution in [2.24, 2.45) is 0 Å². The molecule has 0 aliphatic carbocycles. The minimum atomic E-state index is 1.16. The summed E-state index contributed by atoms with van der Waals surface area (Å²) in [7, 11) is 0. The molecule has 0 fully saturated rings. The Kier molecular flexibility index (Phi) is 8.20. The molecular weight excluding hydrogens is 144 g/mol. The first-order valence-corrected chi connectivity index (χ1v) is 5.13. The zero-order valence-corrected chi connectivity index (χ0v) is 8.60. The third-order valence-corrected chi connectivity index (χ3v) is 1.97. The maximum atomic E-state index is 3.73. The van der Waals surface area contributed by atoms with Crippen LogP contribution in [0.5, 0.6) is 0 Å². The molecule has 0 nitrogen and oxygen atoms in total. The van der Waals surface area contributed by atoms with Gasteiger partial charge in [0.2, 0.25) is 0 Å². The van der Waals surface area contributed by atoms with E-state index in [0.717, 1.165) is 6.42 Å². The Hall–Kier alpha value is -0.520. The molecule has 0 aliphatic rings. The van der Waals surface area contributed by atoms with Gasteiger partial charge in [0.1, 0.15) is 0 Å². The van der Waals surface area contributed by atoms with Crippen LogP contribution in [0.3, 0.4) is 0 Å². The van der Waals surface area contributed by atoms with Crippen molar-refractivity contribution in [1.29, 1.82) is 0 Å². The monoisotopic (exact) mass is 166 g/mol. The largest absolute Gasteiger partial charge is 0.103 e. The van der Waals surface area contributed by atoms with Gasteiger partial charge in [0, 0.05) is 0 Å². The van der Waals surface area contributed by atoms with E-state index in [2.05, 4.69) is 26.5 Å². The highest BCUT2D eigenvalue weighted by Crippen LogP contribution is 2.14. The predicted molar refractivity (Wildman–Crippen MR) is 57.3 cm³/mol. The van der Waals surface area contributed by atoms with Gasteiger partial charge in [0.05, 0.1) is 0 Å². The molecule has 0 saturated carbocycles. The summed E-state index contributed by atoms with van der Waals surface area (Å²) in [5.41, 5.74) is 1.64. The minimum absolute atomic E-state index is 1.16. The lowest BCUT2D eigenvalue weighted by atomic mass is 10.0. The molecule has 0 saturated heterocycles. The summed E-state index contributed by atoms with van der Waals surface area (Å²) < 4.78 is 0. The molecule has 70 valence electrons. The highest BCUT2D eigenvalue weighted by Gasteiger charge is 1.94. The van der Waals surface area contributed by atoms with Crippen LogP contribution in [0, 0.1) is 0 Å². The molecule has 0 heteroatoms. The highest BCUT2D eigenvalue weighted by molar-refractivity contribution is 5.01. The topological polar surface area (TPSA) is 0 Å². The second-order valence-electron chi connectivity index (χ2n) is 3.20. The van der Waals surface area contributed by atoms with Gasteiger partial charge in [-0.1, -0.05) is 38.0 Å². The Balaban J connectivity index is 3.63. The molecule has 0 radical (unpaired) electrons. The number of allylic oxidation sites excluding steroid dienone is 3. The zero-order chi connectivity index (χ0) is 9.23. The third-order valence-electron chi connectivity index (χ3n) is 1.97. The molecule has 0 bridgehead atoms. The van der Waals surface area contributed by atoms with Gasteiger partial charge < -0.3 is 0 Å². The lowest BCUT2D eigenvalue weighted by molar-refractivity contribution is 0.764. The van der Waals surface area contributed by atoms with Gasteiger partial charge in [-0.3, -0.25) is 0 Å². The zero-order valence-electron chi connectivity index (χ0n) is 8.60. The van der Waals surface area contributed by atoms with Crippen molar-refractivity contribution in [1.82, 2.24) is 0 Å². The van der Waals surface area contributed by atoms with Crippen molar-refractivity contribution in [3.8, 4) is 0 Å². The fourth-order valence-electron chi connectivity index (χ4n) is 1.41. The van der Waals surface area contributed by atoms with Crippen molar-refractivity contribution in [2.45, 2.75) is 52.4 Å². The predicted octanol–water partition coefficient (Wildman–Crippen LogP) is 4.48.